The molecule has 1 atom stereocenters. The van der Waals surface area contributed by atoms with Crippen LogP contribution in [0.15, 0.2) is 42.5 Å². The van der Waals surface area contributed by atoms with Crippen LogP contribution in [0.3, 0.4) is 0 Å². The molecule has 0 aliphatic rings. The van der Waals surface area contributed by atoms with Gasteiger partial charge in [0.25, 0.3) is 0 Å². The molecule has 0 radical (unpaired) electrons. The number of carboxylic acid groups (broad SMARTS) is 1. The molecular weight excluding hydrogens is 262 g/mol. The number of carbonyl (C=O) groups is 1. The van der Waals surface area contributed by atoms with Crippen LogP contribution in [-0.4, -0.2) is 11.1 Å². The molecular formula is C16H14F2O2. The van der Waals surface area contributed by atoms with E-state index in [1.807, 2.05) is 0 Å². The van der Waals surface area contributed by atoms with Gasteiger partial charge in [-0.3, -0.25) is 4.79 Å². The van der Waals surface area contributed by atoms with E-state index in [1.165, 1.54) is 30.3 Å². The molecule has 0 bridgehead atoms. The SMILES string of the molecule is Cc1cc(F)ccc1CC(C(=O)O)c1cccc(F)c1. The highest BCUT2D eigenvalue weighted by Gasteiger charge is 2.21. The summed E-state index contributed by atoms with van der Waals surface area (Å²) in [4.78, 5) is 11.4. The molecule has 0 aliphatic carbocycles. The summed E-state index contributed by atoms with van der Waals surface area (Å²) in [6.07, 6.45) is 0.199. The van der Waals surface area contributed by atoms with Crippen LogP contribution in [0.5, 0.6) is 0 Å². The lowest BCUT2D eigenvalue weighted by Gasteiger charge is -2.14. The first kappa shape index (κ1) is 14.2. The van der Waals surface area contributed by atoms with Crippen LogP contribution in [-0.2, 0) is 11.2 Å². The fourth-order valence-electron chi connectivity index (χ4n) is 2.18. The Bertz CT molecular complexity index is 638. The standard InChI is InChI=1S/C16H14F2O2/c1-10-7-14(18)6-5-11(10)9-15(16(19)20)12-3-2-4-13(17)8-12/h2-8,15H,9H2,1H3,(H,19,20). The second-order valence-corrected chi connectivity index (χ2v) is 4.72. The molecule has 0 spiro atoms. The van der Waals surface area contributed by atoms with Crippen LogP contribution in [0.4, 0.5) is 8.78 Å². The molecule has 20 heavy (non-hydrogen) atoms. The quantitative estimate of drug-likeness (QED) is 0.924. The van der Waals surface area contributed by atoms with E-state index in [0.717, 1.165) is 5.56 Å². The van der Waals surface area contributed by atoms with E-state index in [9.17, 15) is 18.7 Å². The first-order valence-electron chi connectivity index (χ1n) is 6.20. The van der Waals surface area contributed by atoms with Crippen molar-refractivity contribution in [2.24, 2.45) is 0 Å². The van der Waals surface area contributed by atoms with Gasteiger partial charge >= 0.3 is 5.97 Å². The summed E-state index contributed by atoms with van der Waals surface area (Å²) in [6.45, 7) is 1.73. The number of hydrogen-bond acceptors (Lipinski definition) is 1. The van der Waals surface area contributed by atoms with Gasteiger partial charge in [0.2, 0.25) is 0 Å². The van der Waals surface area contributed by atoms with Gasteiger partial charge in [0.15, 0.2) is 0 Å². The van der Waals surface area contributed by atoms with Crippen molar-refractivity contribution in [2.75, 3.05) is 0 Å². The Balaban J connectivity index is 2.33. The molecule has 1 N–H and O–H groups in total. The largest absolute Gasteiger partial charge is 0.481 e. The molecule has 1 unspecified atom stereocenters. The zero-order valence-electron chi connectivity index (χ0n) is 10.9. The van der Waals surface area contributed by atoms with Crippen molar-refractivity contribution in [1.29, 1.82) is 0 Å². The minimum atomic E-state index is -1.03. The number of carboxylic acids is 1. The monoisotopic (exact) mass is 276 g/mol. The number of aryl methyl sites for hydroxylation is 1. The summed E-state index contributed by atoms with van der Waals surface area (Å²) in [7, 11) is 0. The van der Waals surface area contributed by atoms with Crippen molar-refractivity contribution in [2.45, 2.75) is 19.3 Å². The van der Waals surface area contributed by atoms with E-state index in [1.54, 1.807) is 19.1 Å². The number of benzene rings is 2. The van der Waals surface area contributed by atoms with Gasteiger partial charge in [-0.2, -0.15) is 0 Å². The third-order valence-electron chi connectivity index (χ3n) is 3.28. The van der Waals surface area contributed by atoms with E-state index < -0.39 is 17.7 Å². The fourth-order valence-corrected chi connectivity index (χ4v) is 2.18. The van der Waals surface area contributed by atoms with Crippen molar-refractivity contribution in [1.82, 2.24) is 0 Å². The van der Waals surface area contributed by atoms with Gasteiger partial charge in [-0.15, -0.1) is 0 Å². The molecule has 2 rings (SSSR count). The van der Waals surface area contributed by atoms with Gasteiger partial charge in [-0.1, -0.05) is 18.2 Å². The topological polar surface area (TPSA) is 37.3 Å². The van der Waals surface area contributed by atoms with Crippen LogP contribution in [0.25, 0.3) is 0 Å². The average molecular weight is 276 g/mol. The Morgan fingerprint density at radius 3 is 2.45 bits per heavy atom. The van der Waals surface area contributed by atoms with E-state index in [2.05, 4.69) is 0 Å². The maximum atomic E-state index is 13.2. The van der Waals surface area contributed by atoms with Crippen LogP contribution in [0, 0.1) is 18.6 Å². The fraction of sp³-hybridized carbons (Fsp3) is 0.188. The van der Waals surface area contributed by atoms with Crippen LogP contribution < -0.4 is 0 Å². The van der Waals surface area contributed by atoms with Gasteiger partial charge in [-0.05, 0) is 54.3 Å². The van der Waals surface area contributed by atoms with Crippen molar-refractivity contribution in [3.05, 3.63) is 70.8 Å². The normalized spacial score (nSPS) is 12.2. The smallest absolute Gasteiger partial charge is 0.311 e. The highest BCUT2D eigenvalue weighted by molar-refractivity contribution is 5.76. The number of halogens is 2. The molecule has 0 saturated heterocycles. The van der Waals surface area contributed by atoms with Gasteiger partial charge in [0.05, 0.1) is 5.92 Å². The summed E-state index contributed by atoms with van der Waals surface area (Å²) in [5, 5.41) is 9.33. The predicted molar refractivity (Wildman–Crippen MR) is 71.6 cm³/mol. The van der Waals surface area contributed by atoms with Crippen molar-refractivity contribution in [3.63, 3.8) is 0 Å². The minimum absolute atomic E-state index is 0.199. The molecule has 0 amide bonds. The van der Waals surface area contributed by atoms with Crippen LogP contribution in [0.2, 0.25) is 0 Å². The van der Waals surface area contributed by atoms with Gasteiger partial charge in [-0.25, -0.2) is 8.78 Å². The highest BCUT2D eigenvalue weighted by atomic mass is 19.1. The minimum Gasteiger partial charge on any atom is -0.481 e. The first-order valence-corrected chi connectivity index (χ1v) is 6.20. The third-order valence-corrected chi connectivity index (χ3v) is 3.28. The summed E-state index contributed by atoms with van der Waals surface area (Å²) in [5.74, 6) is -2.71. The summed E-state index contributed by atoms with van der Waals surface area (Å²) < 4.78 is 26.3. The Morgan fingerprint density at radius 2 is 1.85 bits per heavy atom. The van der Waals surface area contributed by atoms with E-state index >= 15 is 0 Å². The molecule has 0 aliphatic heterocycles. The maximum absolute atomic E-state index is 13.2. The third kappa shape index (κ3) is 3.20. The zero-order valence-corrected chi connectivity index (χ0v) is 10.9. The van der Waals surface area contributed by atoms with E-state index in [4.69, 9.17) is 0 Å². The lowest BCUT2D eigenvalue weighted by molar-refractivity contribution is -0.138. The van der Waals surface area contributed by atoms with Crippen LogP contribution in [0.1, 0.15) is 22.6 Å². The Kier molecular flexibility index (Phi) is 4.13. The maximum Gasteiger partial charge on any atom is 0.311 e. The Hall–Kier alpha value is -2.23. The number of aliphatic carboxylic acids is 1. The molecule has 0 fully saturated rings. The van der Waals surface area contributed by atoms with E-state index in [0.29, 0.717) is 11.1 Å². The first-order chi connectivity index (χ1) is 9.47. The molecule has 2 aromatic rings. The molecule has 2 nitrogen and oxygen atoms in total. The predicted octanol–water partition coefficient (Wildman–Crippen LogP) is 3.68. The number of hydrogen-bond donors (Lipinski definition) is 1. The number of rotatable bonds is 4. The van der Waals surface area contributed by atoms with Gasteiger partial charge < -0.3 is 5.11 Å². The zero-order chi connectivity index (χ0) is 14.7. The Labute approximate surface area is 115 Å². The molecule has 4 heteroatoms. The molecule has 0 heterocycles. The Morgan fingerprint density at radius 1 is 1.15 bits per heavy atom. The summed E-state index contributed by atoms with van der Waals surface area (Å²) in [6, 6.07) is 9.79. The average Bonchev–Trinajstić information content (AvgIpc) is 2.37. The van der Waals surface area contributed by atoms with Crippen molar-refractivity contribution >= 4 is 5.97 Å². The molecule has 104 valence electrons. The second kappa shape index (κ2) is 5.82. The molecule has 0 saturated carbocycles. The van der Waals surface area contributed by atoms with Crippen molar-refractivity contribution in [3.8, 4) is 0 Å². The van der Waals surface area contributed by atoms with Gasteiger partial charge in [0.1, 0.15) is 11.6 Å². The molecule has 2 aromatic carbocycles. The van der Waals surface area contributed by atoms with Crippen LogP contribution >= 0.6 is 0 Å². The molecule has 0 aromatic heterocycles. The second-order valence-electron chi connectivity index (χ2n) is 4.72. The summed E-state index contributed by atoms with van der Waals surface area (Å²) in [5.41, 5.74) is 1.83. The summed E-state index contributed by atoms with van der Waals surface area (Å²) >= 11 is 0. The van der Waals surface area contributed by atoms with Crippen molar-refractivity contribution < 1.29 is 18.7 Å². The lowest BCUT2D eigenvalue weighted by atomic mass is 9.90. The lowest BCUT2D eigenvalue weighted by Crippen LogP contribution is -2.15. The van der Waals surface area contributed by atoms with Gasteiger partial charge in [0, 0.05) is 0 Å². The highest BCUT2D eigenvalue weighted by Crippen LogP contribution is 2.24. The van der Waals surface area contributed by atoms with E-state index in [-0.39, 0.29) is 12.2 Å².